The van der Waals surface area contributed by atoms with Crippen LogP contribution in [0.25, 0.3) is 0 Å². The van der Waals surface area contributed by atoms with E-state index in [0.29, 0.717) is 6.42 Å². The van der Waals surface area contributed by atoms with Crippen molar-refractivity contribution < 1.29 is 4.79 Å². The van der Waals surface area contributed by atoms with E-state index >= 15 is 0 Å². The second-order valence-corrected chi connectivity index (χ2v) is 8.66. The van der Waals surface area contributed by atoms with E-state index in [1.54, 1.807) is 12.4 Å². The van der Waals surface area contributed by atoms with Crippen LogP contribution in [0.2, 0.25) is 0 Å². The first-order valence-corrected chi connectivity index (χ1v) is 9.24. The second-order valence-electron chi connectivity index (χ2n) is 8.66. The largest absolute Gasteiger partial charge is 0.350 e. The fourth-order valence-electron chi connectivity index (χ4n) is 6.33. The molecule has 0 spiro atoms. The molecule has 4 fully saturated rings. The normalized spacial score (nSPS) is 38.0. The number of carbonyl (C=O) groups is 1. The zero-order chi connectivity index (χ0) is 16.0. The Labute approximate surface area is 139 Å². The monoisotopic (exact) mass is 312 g/mol. The van der Waals surface area contributed by atoms with Crippen LogP contribution in [0.4, 0.5) is 0 Å². The predicted octanol–water partition coefficient (Wildman–Crippen LogP) is 3.59. The summed E-state index contributed by atoms with van der Waals surface area (Å²) in [6, 6.07) is 3.89. The van der Waals surface area contributed by atoms with Crippen LogP contribution in [0.1, 0.15) is 51.5 Å². The van der Waals surface area contributed by atoms with Crippen LogP contribution >= 0.6 is 0 Å². The van der Waals surface area contributed by atoms with Gasteiger partial charge in [0.1, 0.15) is 0 Å². The zero-order valence-electron chi connectivity index (χ0n) is 14.3. The SMILES string of the molecule is CC(C)C1C2CC3CC1CC(NC(=O)Cc1cccnc1)(C3)C2. The third kappa shape index (κ3) is 2.79. The number of aromatic nitrogens is 1. The van der Waals surface area contributed by atoms with Crippen LogP contribution in [0, 0.1) is 29.6 Å². The Hall–Kier alpha value is -1.38. The van der Waals surface area contributed by atoms with Crippen LogP contribution in [-0.2, 0) is 11.2 Å². The van der Waals surface area contributed by atoms with Crippen molar-refractivity contribution >= 4 is 5.91 Å². The molecule has 3 heteroatoms. The molecule has 4 aliphatic carbocycles. The predicted molar refractivity (Wildman–Crippen MR) is 90.7 cm³/mol. The van der Waals surface area contributed by atoms with E-state index in [0.717, 1.165) is 35.2 Å². The molecule has 4 aliphatic rings. The molecule has 2 unspecified atom stereocenters. The lowest BCUT2D eigenvalue weighted by Crippen LogP contribution is -2.63. The molecule has 2 atom stereocenters. The second kappa shape index (κ2) is 5.61. The first-order chi connectivity index (χ1) is 11.0. The number of hydrogen-bond donors (Lipinski definition) is 1. The average molecular weight is 312 g/mol. The molecule has 3 nitrogen and oxygen atoms in total. The van der Waals surface area contributed by atoms with Gasteiger partial charge in [0.15, 0.2) is 0 Å². The van der Waals surface area contributed by atoms with Crippen molar-refractivity contribution in [1.29, 1.82) is 0 Å². The lowest BCUT2D eigenvalue weighted by Gasteiger charge is -2.61. The standard InChI is InChI=1S/C20H28N2O/c1-13(2)19-16-6-15-7-17(19)11-20(9-15,10-16)22-18(23)8-14-4-3-5-21-12-14/h3-5,12-13,15-17,19H,6-11H2,1-2H3,(H,22,23). The minimum atomic E-state index is 0.0984. The Morgan fingerprint density at radius 1 is 1.30 bits per heavy atom. The molecule has 1 heterocycles. The van der Waals surface area contributed by atoms with Crippen molar-refractivity contribution in [3.05, 3.63) is 30.1 Å². The van der Waals surface area contributed by atoms with Gasteiger partial charge < -0.3 is 5.32 Å². The molecule has 0 saturated heterocycles. The van der Waals surface area contributed by atoms with Gasteiger partial charge in [0.2, 0.25) is 5.91 Å². The van der Waals surface area contributed by atoms with E-state index in [1.165, 1.54) is 32.1 Å². The Morgan fingerprint density at radius 3 is 2.65 bits per heavy atom. The third-order valence-corrected chi connectivity index (χ3v) is 6.61. The molecule has 0 aliphatic heterocycles. The van der Waals surface area contributed by atoms with Crippen molar-refractivity contribution in [3.63, 3.8) is 0 Å². The summed E-state index contributed by atoms with van der Waals surface area (Å²) in [7, 11) is 0. The van der Waals surface area contributed by atoms with Crippen molar-refractivity contribution in [2.45, 2.75) is 57.9 Å². The number of nitrogens with one attached hydrogen (secondary N) is 1. The quantitative estimate of drug-likeness (QED) is 0.923. The fraction of sp³-hybridized carbons (Fsp3) is 0.700. The summed E-state index contributed by atoms with van der Waals surface area (Å²) in [5, 5.41) is 3.47. The van der Waals surface area contributed by atoms with Crippen LogP contribution in [0.15, 0.2) is 24.5 Å². The van der Waals surface area contributed by atoms with E-state index in [1.807, 2.05) is 12.1 Å². The molecule has 23 heavy (non-hydrogen) atoms. The smallest absolute Gasteiger partial charge is 0.224 e. The van der Waals surface area contributed by atoms with Gasteiger partial charge in [-0.25, -0.2) is 0 Å². The summed E-state index contributed by atoms with van der Waals surface area (Å²) < 4.78 is 0. The summed E-state index contributed by atoms with van der Waals surface area (Å²) in [6.07, 6.45) is 10.5. The summed E-state index contributed by atoms with van der Waals surface area (Å²) in [6.45, 7) is 4.78. The van der Waals surface area contributed by atoms with Gasteiger partial charge in [-0.3, -0.25) is 9.78 Å². The molecule has 1 aromatic heterocycles. The third-order valence-electron chi connectivity index (χ3n) is 6.61. The van der Waals surface area contributed by atoms with Crippen molar-refractivity contribution in [1.82, 2.24) is 10.3 Å². The fourth-order valence-corrected chi connectivity index (χ4v) is 6.33. The highest BCUT2D eigenvalue weighted by Crippen LogP contribution is 2.59. The molecular weight excluding hydrogens is 284 g/mol. The van der Waals surface area contributed by atoms with Gasteiger partial charge in [-0.05, 0) is 73.3 Å². The van der Waals surface area contributed by atoms with E-state index in [4.69, 9.17) is 0 Å². The summed E-state index contributed by atoms with van der Waals surface area (Å²) in [5.41, 5.74) is 1.11. The lowest BCUT2D eigenvalue weighted by atomic mass is 9.47. The average Bonchev–Trinajstić information content (AvgIpc) is 2.45. The maximum Gasteiger partial charge on any atom is 0.224 e. The molecule has 0 radical (unpaired) electrons. The number of amides is 1. The maximum absolute atomic E-state index is 12.6. The van der Waals surface area contributed by atoms with E-state index in [-0.39, 0.29) is 11.4 Å². The van der Waals surface area contributed by atoms with Gasteiger partial charge in [-0.1, -0.05) is 19.9 Å². The number of hydrogen-bond acceptors (Lipinski definition) is 2. The van der Waals surface area contributed by atoms with Gasteiger partial charge in [-0.15, -0.1) is 0 Å². The maximum atomic E-state index is 12.6. The molecule has 4 saturated carbocycles. The Bertz CT molecular complexity index is 567. The number of pyridine rings is 1. The molecule has 1 N–H and O–H groups in total. The topological polar surface area (TPSA) is 42.0 Å². The highest BCUT2D eigenvalue weighted by molar-refractivity contribution is 5.79. The first kappa shape index (κ1) is 15.2. The van der Waals surface area contributed by atoms with Gasteiger partial charge in [0, 0.05) is 17.9 Å². The molecule has 5 rings (SSSR count). The van der Waals surface area contributed by atoms with Gasteiger partial charge in [0.25, 0.3) is 0 Å². The first-order valence-electron chi connectivity index (χ1n) is 9.24. The zero-order valence-corrected chi connectivity index (χ0v) is 14.3. The van der Waals surface area contributed by atoms with E-state index in [2.05, 4.69) is 24.1 Å². The van der Waals surface area contributed by atoms with Crippen molar-refractivity contribution in [2.24, 2.45) is 29.6 Å². The molecule has 1 aromatic rings. The lowest BCUT2D eigenvalue weighted by molar-refractivity contribution is -0.130. The van der Waals surface area contributed by atoms with Gasteiger partial charge in [0.05, 0.1) is 6.42 Å². The minimum Gasteiger partial charge on any atom is -0.350 e. The summed E-state index contributed by atoms with van der Waals surface area (Å²) >= 11 is 0. The highest BCUT2D eigenvalue weighted by atomic mass is 16.1. The highest BCUT2D eigenvalue weighted by Gasteiger charge is 2.56. The molecule has 124 valence electrons. The van der Waals surface area contributed by atoms with Crippen LogP contribution < -0.4 is 5.32 Å². The minimum absolute atomic E-state index is 0.0984. The Morgan fingerprint density at radius 2 is 2.04 bits per heavy atom. The van der Waals surface area contributed by atoms with Crippen LogP contribution in [0.5, 0.6) is 0 Å². The van der Waals surface area contributed by atoms with Crippen LogP contribution in [-0.4, -0.2) is 16.4 Å². The number of carbonyl (C=O) groups excluding carboxylic acids is 1. The number of nitrogens with zero attached hydrogens (tertiary/aromatic N) is 1. The summed E-state index contributed by atoms with van der Waals surface area (Å²) in [4.78, 5) is 16.7. The van der Waals surface area contributed by atoms with Crippen molar-refractivity contribution in [2.75, 3.05) is 0 Å². The van der Waals surface area contributed by atoms with Crippen molar-refractivity contribution in [3.8, 4) is 0 Å². The molecule has 4 bridgehead atoms. The van der Waals surface area contributed by atoms with E-state index in [9.17, 15) is 4.79 Å². The van der Waals surface area contributed by atoms with Gasteiger partial charge >= 0.3 is 0 Å². The van der Waals surface area contributed by atoms with Gasteiger partial charge in [-0.2, -0.15) is 0 Å². The Kier molecular flexibility index (Phi) is 3.70. The van der Waals surface area contributed by atoms with Crippen LogP contribution in [0.3, 0.4) is 0 Å². The Balaban J connectivity index is 1.46. The van der Waals surface area contributed by atoms with E-state index < -0.39 is 0 Å². The molecule has 0 aromatic carbocycles. The molecule has 1 amide bonds. The molecular formula is C20H28N2O. The number of rotatable bonds is 4. The summed E-state index contributed by atoms with van der Waals surface area (Å²) in [5.74, 6) is 4.37.